The van der Waals surface area contributed by atoms with Gasteiger partial charge >= 0.3 is 0 Å². The third-order valence-electron chi connectivity index (χ3n) is 5.68. The quantitative estimate of drug-likeness (QED) is 0.837. The van der Waals surface area contributed by atoms with Crippen LogP contribution in [0.2, 0.25) is 0 Å². The van der Waals surface area contributed by atoms with Crippen molar-refractivity contribution in [2.45, 2.75) is 38.0 Å². The number of benzene rings is 2. The standard InChI is InChI=1S/C23H28N2O3/c26-20(17-28-21-10-2-1-3-11-21)16-25-15-19-9-5-4-8-18(19)14-22(25)23(27)24-12-6-7-13-24/h1-5,8-11,20,22,26H,6-7,12-17H2/t20-,22-/m0/s1. The van der Waals surface area contributed by atoms with Crippen LogP contribution in [0.5, 0.6) is 5.75 Å². The monoisotopic (exact) mass is 380 g/mol. The first-order valence-electron chi connectivity index (χ1n) is 10.2. The fourth-order valence-electron chi connectivity index (χ4n) is 4.19. The molecular formula is C23H28N2O3. The van der Waals surface area contributed by atoms with Crippen molar-refractivity contribution in [1.29, 1.82) is 0 Å². The van der Waals surface area contributed by atoms with Gasteiger partial charge in [0.15, 0.2) is 0 Å². The lowest BCUT2D eigenvalue weighted by Gasteiger charge is -2.38. The number of aliphatic hydroxyl groups is 1. The van der Waals surface area contributed by atoms with Crippen LogP contribution in [-0.4, -0.2) is 59.2 Å². The minimum absolute atomic E-state index is 0.197. The van der Waals surface area contributed by atoms with Gasteiger partial charge in [-0.1, -0.05) is 42.5 Å². The maximum Gasteiger partial charge on any atom is 0.240 e. The van der Waals surface area contributed by atoms with Gasteiger partial charge in [-0.15, -0.1) is 0 Å². The highest BCUT2D eigenvalue weighted by Crippen LogP contribution is 2.26. The Hall–Kier alpha value is -2.37. The summed E-state index contributed by atoms with van der Waals surface area (Å²) in [6, 6.07) is 17.6. The summed E-state index contributed by atoms with van der Waals surface area (Å²) in [7, 11) is 0. The molecule has 2 aromatic carbocycles. The second kappa shape index (κ2) is 8.76. The molecule has 2 aromatic rings. The third kappa shape index (κ3) is 4.37. The van der Waals surface area contributed by atoms with Crippen LogP contribution in [0.4, 0.5) is 0 Å². The van der Waals surface area contributed by atoms with E-state index in [9.17, 15) is 9.90 Å². The highest BCUT2D eigenvalue weighted by molar-refractivity contribution is 5.83. The molecule has 2 heterocycles. The van der Waals surface area contributed by atoms with E-state index in [0.29, 0.717) is 19.5 Å². The lowest BCUT2D eigenvalue weighted by Crippen LogP contribution is -2.53. The highest BCUT2D eigenvalue weighted by atomic mass is 16.5. The lowest BCUT2D eigenvalue weighted by atomic mass is 9.93. The molecule has 1 fully saturated rings. The Morgan fingerprint density at radius 1 is 1.04 bits per heavy atom. The molecule has 0 bridgehead atoms. The summed E-state index contributed by atoms with van der Waals surface area (Å²) >= 11 is 0. The Balaban J connectivity index is 1.44. The molecule has 148 valence electrons. The Morgan fingerprint density at radius 3 is 2.46 bits per heavy atom. The zero-order chi connectivity index (χ0) is 19.3. The van der Waals surface area contributed by atoms with Gasteiger partial charge in [0.25, 0.3) is 0 Å². The molecule has 0 aliphatic carbocycles. The van der Waals surface area contributed by atoms with Crippen molar-refractivity contribution in [3.05, 3.63) is 65.7 Å². The maximum atomic E-state index is 13.2. The van der Waals surface area contributed by atoms with Gasteiger partial charge in [0.1, 0.15) is 18.5 Å². The summed E-state index contributed by atoms with van der Waals surface area (Å²) in [5, 5.41) is 10.6. The van der Waals surface area contributed by atoms with Crippen LogP contribution in [-0.2, 0) is 17.8 Å². The van der Waals surface area contributed by atoms with Gasteiger partial charge in [0.05, 0.1) is 6.04 Å². The Labute approximate surface area is 166 Å². The molecule has 28 heavy (non-hydrogen) atoms. The van der Waals surface area contributed by atoms with Gasteiger partial charge < -0.3 is 14.7 Å². The molecule has 2 atom stereocenters. The van der Waals surface area contributed by atoms with Crippen LogP contribution in [0.25, 0.3) is 0 Å². The fourth-order valence-corrected chi connectivity index (χ4v) is 4.19. The molecule has 2 aliphatic heterocycles. The first-order chi connectivity index (χ1) is 13.7. The van der Waals surface area contributed by atoms with E-state index in [1.807, 2.05) is 47.4 Å². The van der Waals surface area contributed by atoms with E-state index in [-0.39, 0.29) is 18.6 Å². The molecule has 0 spiro atoms. The average Bonchev–Trinajstić information content (AvgIpc) is 3.27. The smallest absolute Gasteiger partial charge is 0.240 e. The maximum absolute atomic E-state index is 13.2. The number of fused-ring (bicyclic) bond motifs is 1. The van der Waals surface area contributed by atoms with E-state index in [2.05, 4.69) is 17.0 Å². The minimum Gasteiger partial charge on any atom is -0.491 e. The van der Waals surface area contributed by atoms with Crippen molar-refractivity contribution in [1.82, 2.24) is 9.80 Å². The summed E-state index contributed by atoms with van der Waals surface area (Å²) in [5.74, 6) is 0.943. The number of para-hydroxylation sites is 1. The van der Waals surface area contributed by atoms with Crippen LogP contribution in [0.15, 0.2) is 54.6 Å². The molecule has 2 aliphatic rings. The van der Waals surface area contributed by atoms with Crippen LogP contribution >= 0.6 is 0 Å². The van der Waals surface area contributed by atoms with E-state index < -0.39 is 6.10 Å². The van der Waals surface area contributed by atoms with Gasteiger partial charge in [0.2, 0.25) is 5.91 Å². The van der Waals surface area contributed by atoms with Gasteiger partial charge in [-0.3, -0.25) is 9.69 Å². The number of amides is 1. The predicted octanol–water partition coefficient (Wildman–Crippen LogP) is 2.48. The number of rotatable bonds is 6. The molecule has 1 saturated heterocycles. The van der Waals surface area contributed by atoms with Crippen molar-refractivity contribution in [3.63, 3.8) is 0 Å². The van der Waals surface area contributed by atoms with Crippen LogP contribution in [0, 0.1) is 0 Å². The number of likely N-dealkylation sites (tertiary alicyclic amines) is 1. The van der Waals surface area contributed by atoms with E-state index >= 15 is 0 Å². The highest BCUT2D eigenvalue weighted by Gasteiger charge is 2.35. The van der Waals surface area contributed by atoms with Crippen molar-refractivity contribution < 1.29 is 14.6 Å². The molecule has 0 saturated carbocycles. The average molecular weight is 380 g/mol. The van der Waals surface area contributed by atoms with Gasteiger partial charge in [0, 0.05) is 26.2 Å². The SMILES string of the molecule is O=C([C@@H]1Cc2ccccc2CN1C[C@H](O)COc1ccccc1)N1CCCC1. The van der Waals surface area contributed by atoms with Crippen molar-refractivity contribution in [3.8, 4) is 5.75 Å². The lowest BCUT2D eigenvalue weighted by molar-refractivity contribution is -0.137. The summed E-state index contributed by atoms with van der Waals surface area (Å²) in [6.07, 6.45) is 2.22. The molecule has 0 radical (unpaired) electrons. The van der Waals surface area contributed by atoms with E-state index in [1.54, 1.807) is 0 Å². The zero-order valence-electron chi connectivity index (χ0n) is 16.2. The van der Waals surface area contributed by atoms with Crippen LogP contribution in [0.3, 0.4) is 0 Å². The second-order valence-corrected chi connectivity index (χ2v) is 7.73. The largest absolute Gasteiger partial charge is 0.491 e. The molecule has 1 amide bonds. The number of aliphatic hydroxyl groups excluding tert-OH is 1. The zero-order valence-corrected chi connectivity index (χ0v) is 16.2. The third-order valence-corrected chi connectivity index (χ3v) is 5.68. The predicted molar refractivity (Wildman–Crippen MR) is 108 cm³/mol. The molecular weight excluding hydrogens is 352 g/mol. The first kappa shape index (κ1) is 19.0. The minimum atomic E-state index is -0.653. The molecule has 0 unspecified atom stereocenters. The number of hydrogen-bond donors (Lipinski definition) is 1. The second-order valence-electron chi connectivity index (χ2n) is 7.73. The van der Waals surface area contributed by atoms with Crippen LogP contribution in [0.1, 0.15) is 24.0 Å². The number of carbonyl (C=O) groups excluding carboxylic acids is 1. The molecule has 5 nitrogen and oxygen atoms in total. The Bertz CT molecular complexity index is 789. The van der Waals surface area contributed by atoms with Gasteiger partial charge in [-0.2, -0.15) is 0 Å². The number of carbonyl (C=O) groups is 1. The Morgan fingerprint density at radius 2 is 1.71 bits per heavy atom. The summed E-state index contributed by atoms with van der Waals surface area (Å²) in [4.78, 5) is 17.3. The summed E-state index contributed by atoms with van der Waals surface area (Å²) in [5.41, 5.74) is 2.48. The Kier molecular flexibility index (Phi) is 5.93. The number of hydrogen-bond acceptors (Lipinski definition) is 4. The topological polar surface area (TPSA) is 53.0 Å². The van der Waals surface area contributed by atoms with Gasteiger partial charge in [-0.25, -0.2) is 0 Å². The van der Waals surface area contributed by atoms with Crippen molar-refractivity contribution in [2.24, 2.45) is 0 Å². The first-order valence-corrected chi connectivity index (χ1v) is 10.2. The summed E-state index contributed by atoms with van der Waals surface area (Å²) in [6.45, 7) is 3.02. The van der Waals surface area contributed by atoms with Gasteiger partial charge in [-0.05, 0) is 42.5 Å². The van der Waals surface area contributed by atoms with Crippen molar-refractivity contribution >= 4 is 5.91 Å². The molecule has 0 aromatic heterocycles. The van der Waals surface area contributed by atoms with Crippen molar-refractivity contribution in [2.75, 3.05) is 26.2 Å². The van der Waals surface area contributed by atoms with E-state index in [1.165, 1.54) is 11.1 Å². The normalized spacial score (nSPS) is 20.6. The fraction of sp³-hybridized carbons (Fsp3) is 0.435. The number of nitrogens with zero attached hydrogens (tertiary/aromatic N) is 2. The van der Waals surface area contributed by atoms with Crippen LogP contribution < -0.4 is 4.74 Å². The number of β-amino-alcohol motifs (C(OH)–C–C–N with tert-alkyl or cyclic N) is 1. The molecule has 5 heteroatoms. The van der Waals surface area contributed by atoms with E-state index in [0.717, 1.165) is 31.7 Å². The molecule has 1 N–H and O–H groups in total. The summed E-state index contributed by atoms with van der Waals surface area (Å²) < 4.78 is 5.70. The number of ether oxygens (including phenoxy) is 1. The van der Waals surface area contributed by atoms with E-state index in [4.69, 9.17) is 4.74 Å². The molecule has 4 rings (SSSR count).